The fourth-order valence-electron chi connectivity index (χ4n) is 2.76. The van der Waals surface area contributed by atoms with Gasteiger partial charge >= 0.3 is 0 Å². The largest absolute Gasteiger partial charge is 0.310 e. The maximum Gasteiger partial charge on any atom is 0.228 e. The van der Waals surface area contributed by atoms with E-state index in [4.69, 9.17) is 0 Å². The number of benzene rings is 1. The molecule has 0 unspecified atom stereocenters. The third-order valence-corrected chi connectivity index (χ3v) is 4.37. The zero-order valence-electron chi connectivity index (χ0n) is 11.2. The first-order valence-corrected chi connectivity index (χ1v) is 7.89. The van der Waals surface area contributed by atoms with Gasteiger partial charge in [0.15, 0.2) is 0 Å². The molecule has 1 heterocycles. The summed E-state index contributed by atoms with van der Waals surface area (Å²) in [5.41, 5.74) is 0.898. The molecule has 0 spiro atoms. The Labute approximate surface area is 126 Å². The van der Waals surface area contributed by atoms with Gasteiger partial charge in [0.2, 0.25) is 5.91 Å². The number of fused-ring (bicyclic) bond motifs is 1. The van der Waals surface area contributed by atoms with Crippen molar-refractivity contribution in [1.82, 2.24) is 4.98 Å². The lowest BCUT2D eigenvalue weighted by atomic mass is 9.89. The Morgan fingerprint density at radius 1 is 1.15 bits per heavy atom. The smallest absolute Gasteiger partial charge is 0.228 e. The predicted molar refractivity (Wildman–Crippen MR) is 84.6 cm³/mol. The van der Waals surface area contributed by atoms with Gasteiger partial charge in [-0.05, 0) is 43.2 Å². The van der Waals surface area contributed by atoms with Crippen molar-refractivity contribution >= 4 is 38.6 Å². The molecule has 4 heteroatoms. The second-order valence-electron chi connectivity index (χ2n) is 5.36. The number of halogens is 1. The van der Waals surface area contributed by atoms with E-state index < -0.39 is 0 Å². The van der Waals surface area contributed by atoms with Gasteiger partial charge in [0.25, 0.3) is 0 Å². The lowest BCUT2D eigenvalue weighted by Gasteiger charge is -2.20. The van der Waals surface area contributed by atoms with Gasteiger partial charge in [-0.25, -0.2) is 4.98 Å². The molecule has 2 aromatic rings. The van der Waals surface area contributed by atoms with Gasteiger partial charge in [-0.15, -0.1) is 0 Å². The summed E-state index contributed by atoms with van der Waals surface area (Å²) in [5.74, 6) is 0.926. The predicted octanol–water partition coefficient (Wildman–Crippen LogP) is 4.52. The second-order valence-corrected chi connectivity index (χ2v) is 6.27. The van der Waals surface area contributed by atoms with Crippen LogP contribution in [0.3, 0.4) is 0 Å². The van der Waals surface area contributed by atoms with E-state index in [9.17, 15) is 4.79 Å². The number of nitrogens with zero attached hydrogens (tertiary/aromatic N) is 1. The molecule has 3 rings (SSSR count). The van der Waals surface area contributed by atoms with Crippen LogP contribution in [-0.2, 0) is 4.79 Å². The van der Waals surface area contributed by atoms with Crippen molar-refractivity contribution in [1.29, 1.82) is 0 Å². The van der Waals surface area contributed by atoms with Gasteiger partial charge < -0.3 is 5.32 Å². The Hall–Kier alpha value is -1.42. The highest BCUT2D eigenvalue weighted by Gasteiger charge is 2.21. The first-order chi connectivity index (χ1) is 9.72. The quantitative estimate of drug-likeness (QED) is 0.878. The Kier molecular flexibility index (Phi) is 4.01. The van der Waals surface area contributed by atoms with Crippen LogP contribution in [-0.4, -0.2) is 10.9 Å². The van der Waals surface area contributed by atoms with E-state index in [1.54, 1.807) is 0 Å². The molecule has 1 aromatic heterocycles. The van der Waals surface area contributed by atoms with Crippen molar-refractivity contribution in [3.63, 3.8) is 0 Å². The Morgan fingerprint density at radius 2 is 1.95 bits per heavy atom. The van der Waals surface area contributed by atoms with Gasteiger partial charge in [0, 0.05) is 15.8 Å². The molecule has 0 atom stereocenters. The van der Waals surface area contributed by atoms with E-state index >= 15 is 0 Å². The average Bonchev–Trinajstić information content (AvgIpc) is 2.48. The summed E-state index contributed by atoms with van der Waals surface area (Å²) in [7, 11) is 0. The minimum absolute atomic E-state index is 0.119. The van der Waals surface area contributed by atoms with Crippen molar-refractivity contribution in [3.05, 3.63) is 34.8 Å². The molecule has 1 fully saturated rings. The van der Waals surface area contributed by atoms with Crippen molar-refractivity contribution in [3.8, 4) is 0 Å². The molecule has 0 radical (unpaired) electrons. The van der Waals surface area contributed by atoms with Gasteiger partial charge in [-0.2, -0.15) is 0 Å². The van der Waals surface area contributed by atoms with Crippen LogP contribution in [0.1, 0.15) is 32.1 Å². The molecular weight excluding hydrogens is 316 g/mol. The summed E-state index contributed by atoms with van der Waals surface area (Å²) in [5, 5.41) is 4.02. The van der Waals surface area contributed by atoms with Crippen molar-refractivity contribution in [2.24, 2.45) is 5.92 Å². The minimum atomic E-state index is 0.119. The topological polar surface area (TPSA) is 42.0 Å². The molecule has 1 aromatic carbocycles. The number of carbonyl (C=O) groups is 1. The maximum absolute atomic E-state index is 12.2. The molecule has 0 aliphatic heterocycles. The first-order valence-electron chi connectivity index (χ1n) is 7.09. The summed E-state index contributed by atoms with van der Waals surface area (Å²) in [4.78, 5) is 16.7. The Morgan fingerprint density at radius 3 is 2.75 bits per heavy atom. The molecular formula is C16H17BrN2O. The van der Waals surface area contributed by atoms with Crippen LogP contribution in [0.4, 0.5) is 5.82 Å². The second kappa shape index (κ2) is 5.92. The highest BCUT2D eigenvalue weighted by molar-refractivity contribution is 9.10. The molecule has 0 bridgehead atoms. The normalized spacial score (nSPS) is 16.2. The van der Waals surface area contributed by atoms with Crippen LogP contribution in [0.25, 0.3) is 10.9 Å². The minimum Gasteiger partial charge on any atom is -0.310 e. The number of aromatic nitrogens is 1. The molecule has 0 saturated heterocycles. The average molecular weight is 333 g/mol. The summed E-state index contributed by atoms with van der Waals surface area (Å²) >= 11 is 3.45. The molecule has 104 valence electrons. The van der Waals surface area contributed by atoms with E-state index in [0.717, 1.165) is 41.1 Å². The SMILES string of the molecule is O=C(Nc1ccc2cc(Br)ccc2n1)C1CCCCC1. The van der Waals surface area contributed by atoms with Crippen molar-refractivity contribution in [2.45, 2.75) is 32.1 Å². The molecule has 3 nitrogen and oxygen atoms in total. The zero-order chi connectivity index (χ0) is 13.9. The number of amides is 1. The fraction of sp³-hybridized carbons (Fsp3) is 0.375. The number of hydrogen-bond donors (Lipinski definition) is 1. The number of anilines is 1. The van der Waals surface area contributed by atoms with Crippen LogP contribution in [0.15, 0.2) is 34.8 Å². The lowest BCUT2D eigenvalue weighted by Crippen LogP contribution is -2.25. The van der Waals surface area contributed by atoms with Gasteiger partial charge in [-0.3, -0.25) is 4.79 Å². The van der Waals surface area contributed by atoms with Crippen LogP contribution >= 0.6 is 15.9 Å². The lowest BCUT2D eigenvalue weighted by molar-refractivity contribution is -0.120. The maximum atomic E-state index is 12.2. The van der Waals surface area contributed by atoms with Crippen molar-refractivity contribution in [2.75, 3.05) is 5.32 Å². The molecule has 1 aliphatic rings. The molecule has 20 heavy (non-hydrogen) atoms. The summed E-state index contributed by atoms with van der Waals surface area (Å²) in [6.45, 7) is 0. The highest BCUT2D eigenvalue weighted by Crippen LogP contribution is 2.25. The monoisotopic (exact) mass is 332 g/mol. The standard InChI is InChI=1S/C16H17BrN2O/c17-13-7-8-14-12(10-13)6-9-15(18-14)19-16(20)11-4-2-1-3-5-11/h6-11H,1-5H2,(H,18,19,20). The number of nitrogens with one attached hydrogen (secondary N) is 1. The molecule has 1 aliphatic carbocycles. The molecule has 1 amide bonds. The van der Waals surface area contributed by atoms with E-state index in [2.05, 4.69) is 26.2 Å². The van der Waals surface area contributed by atoms with Gasteiger partial charge in [-0.1, -0.05) is 35.2 Å². The molecule has 1 N–H and O–H groups in total. The van der Waals surface area contributed by atoms with E-state index in [1.165, 1.54) is 6.42 Å². The third-order valence-electron chi connectivity index (χ3n) is 3.88. The van der Waals surface area contributed by atoms with Crippen LogP contribution in [0.5, 0.6) is 0 Å². The van der Waals surface area contributed by atoms with Gasteiger partial charge in [0.05, 0.1) is 5.52 Å². The fourth-order valence-corrected chi connectivity index (χ4v) is 3.14. The summed E-state index contributed by atoms with van der Waals surface area (Å²) < 4.78 is 1.03. The Bertz CT molecular complexity index is 635. The number of carbonyl (C=O) groups excluding carboxylic acids is 1. The zero-order valence-corrected chi connectivity index (χ0v) is 12.8. The first kappa shape index (κ1) is 13.6. The van der Waals surface area contributed by atoms with Crippen LogP contribution < -0.4 is 5.32 Å². The summed E-state index contributed by atoms with van der Waals surface area (Å²) in [6.07, 6.45) is 5.60. The number of pyridine rings is 1. The third kappa shape index (κ3) is 3.01. The van der Waals surface area contributed by atoms with E-state index in [1.807, 2.05) is 30.3 Å². The van der Waals surface area contributed by atoms with E-state index in [0.29, 0.717) is 5.82 Å². The van der Waals surface area contributed by atoms with Crippen LogP contribution in [0.2, 0.25) is 0 Å². The Balaban J connectivity index is 1.76. The molecule has 1 saturated carbocycles. The van der Waals surface area contributed by atoms with E-state index in [-0.39, 0.29) is 11.8 Å². The van der Waals surface area contributed by atoms with Crippen molar-refractivity contribution < 1.29 is 4.79 Å². The van der Waals surface area contributed by atoms with Gasteiger partial charge in [0.1, 0.15) is 5.82 Å². The summed E-state index contributed by atoms with van der Waals surface area (Å²) in [6, 6.07) is 9.80. The number of rotatable bonds is 2. The number of hydrogen-bond acceptors (Lipinski definition) is 2. The highest BCUT2D eigenvalue weighted by atomic mass is 79.9. The van der Waals surface area contributed by atoms with Crippen LogP contribution in [0, 0.1) is 5.92 Å².